The molecule has 0 aliphatic heterocycles. The van der Waals surface area contributed by atoms with Gasteiger partial charge in [0.2, 0.25) is 0 Å². The molecule has 0 N–H and O–H groups in total. The van der Waals surface area contributed by atoms with Crippen LogP contribution in [-0.2, 0) is 0 Å². The molecule has 0 aromatic heterocycles. The molecule has 1 atom stereocenters. The molecule has 1 unspecified atom stereocenters. The molecule has 0 fully saturated rings. The number of rotatable bonds is 3. The molecule has 0 saturated heterocycles. The molecule has 0 amide bonds. The predicted molar refractivity (Wildman–Crippen MR) is 54.0 cm³/mol. The molecular weight excluding hydrogens is 144 g/mol. The minimum Gasteiger partial charge on any atom is -0.0876 e. The van der Waals surface area contributed by atoms with Crippen LogP contribution in [0.5, 0.6) is 0 Å². The van der Waals surface area contributed by atoms with Crippen molar-refractivity contribution in [3.8, 4) is 0 Å². The average molecular weight is 159 g/mol. The van der Waals surface area contributed by atoms with E-state index in [2.05, 4.69) is 44.2 Å². The summed E-state index contributed by atoms with van der Waals surface area (Å²) in [5.41, 5.74) is 1.37. The van der Waals surface area contributed by atoms with E-state index < -0.39 is 0 Å². The fourth-order valence-corrected chi connectivity index (χ4v) is 1.35. The molecule has 1 aromatic carbocycles. The maximum absolute atomic E-state index is 3.72. The third-order valence-corrected chi connectivity index (χ3v) is 2.04. The van der Waals surface area contributed by atoms with Gasteiger partial charge in [0, 0.05) is 5.92 Å². The van der Waals surface area contributed by atoms with Crippen LogP contribution in [-0.4, -0.2) is 0 Å². The monoisotopic (exact) mass is 159 g/mol. The molecule has 0 nitrogen and oxygen atoms in total. The molecule has 1 rings (SSSR count). The lowest BCUT2D eigenvalue weighted by Crippen LogP contribution is -1.91. The lowest BCUT2D eigenvalue weighted by molar-refractivity contribution is 0.805. The normalized spacial score (nSPS) is 13.5. The van der Waals surface area contributed by atoms with Crippen molar-refractivity contribution in [2.75, 3.05) is 0 Å². The Kier molecular flexibility index (Phi) is 3.59. The van der Waals surface area contributed by atoms with Gasteiger partial charge in [-0.3, -0.25) is 0 Å². The minimum atomic E-state index is 0.531. The van der Waals surface area contributed by atoms with Gasteiger partial charge in [-0.2, -0.15) is 0 Å². The van der Waals surface area contributed by atoms with Crippen molar-refractivity contribution in [3.63, 3.8) is 0 Å². The number of hydrogen-bond donors (Lipinski definition) is 0. The van der Waals surface area contributed by atoms with Crippen molar-refractivity contribution in [2.45, 2.75) is 19.3 Å². The second-order valence-corrected chi connectivity index (χ2v) is 2.85. The van der Waals surface area contributed by atoms with Crippen LogP contribution in [0.3, 0.4) is 0 Å². The Morgan fingerprint density at radius 3 is 2.50 bits per heavy atom. The number of hydrogen-bond acceptors (Lipinski definition) is 0. The zero-order valence-electron chi connectivity index (χ0n) is 7.53. The van der Waals surface area contributed by atoms with Crippen LogP contribution in [0.4, 0.5) is 0 Å². The van der Waals surface area contributed by atoms with Crippen molar-refractivity contribution >= 4 is 0 Å². The molecular formula is C12H15. The zero-order chi connectivity index (χ0) is 8.81. The van der Waals surface area contributed by atoms with E-state index in [1.807, 2.05) is 12.1 Å². The summed E-state index contributed by atoms with van der Waals surface area (Å²) < 4.78 is 0. The maximum Gasteiger partial charge on any atom is 0.00153 e. The highest BCUT2D eigenvalue weighted by atomic mass is 14.1. The first-order valence-electron chi connectivity index (χ1n) is 4.39. The maximum atomic E-state index is 3.72. The third-order valence-electron chi connectivity index (χ3n) is 2.04. The molecule has 0 saturated carbocycles. The van der Waals surface area contributed by atoms with Gasteiger partial charge in [-0.05, 0) is 18.9 Å². The van der Waals surface area contributed by atoms with E-state index in [1.54, 1.807) is 0 Å². The van der Waals surface area contributed by atoms with Gasteiger partial charge in [0.25, 0.3) is 0 Å². The second-order valence-electron chi connectivity index (χ2n) is 2.85. The van der Waals surface area contributed by atoms with E-state index in [0.29, 0.717) is 5.92 Å². The molecule has 12 heavy (non-hydrogen) atoms. The highest BCUT2D eigenvalue weighted by molar-refractivity contribution is 5.23. The molecule has 63 valence electrons. The smallest absolute Gasteiger partial charge is 0.00153 e. The molecule has 1 aromatic rings. The van der Waals surface area contributed by atoms with Crippen LogP contribution in [0.15, 0.2) is 42.5 Å². The molecule has 1 radical (unpaired) electrons. The Labute approximate surface area is 74.9 Å². The highest BCUT2D eigenvalue weighted by Gasteiger charge is 2.02. The summed E-state index contributed by atoms with van der Waals surface area (Å²) in [4.78, 5) is 0. The van der Waals surface area contributed by atoms with Crippen molar-refractivity contribution in [1.29, 1.82) is 0 Å². The largest absolute Gasteiger partial charge is 0.0876 e. The summed E-state index contributed by atoms with van der Waals surface area (Å²) in [7, 11) is 0. The van der Waals surface area contributed by atoms with Gasteiger partial charge in [0.1, 0.15) is 0 Å². The second kappa shape index (κ2) is 4.76. The molecule has 0 aliphatic carbocycles. The van der Waals surface area contributed by atoms with Crippen LogP contribution in [0, 0.1) is 6.92 Å². The van der Waals surface area contributed by atoms with Crippen LogP contribution in [0.25, 0.3) is 0 Å². The molecule has 0 bridgehead atoms. The molecule has 0 heterocycles. The highest BCUT2D eigenvalue weighted by Crippen LogP contribution is 2.19. The van der Waals surface area contributed by atoms with Gasteiger partial charge in [0.15, 0.2) is 0 Å². The topological polar surface area (TPSA) is 0 Å². The average Bonchev–Trinajstić information content (AvgIpc) is 2.15. The predicted octanol–water partition coefficient (Wildman–Crippen LogP) is 3.57. The van der Waals surface area contributed by atoms with E-state index >= 15 is 0 Å². The standard InChI is InChI=1S/C12H15/c1-3-8-11(4-2)12-9-6-5-7-10-12/h3,5-11H,1,4H2,2H3/b8-3+. The number of allylic oxidation sites excluding steroid dienone is 2. The molecule has 0 heteroatoms. The van der Waals surface area contributed by atoms with Crippen LogP contribution >= 0.6 is 0 Å². The molecule has 0 aliphatic rings. The van der Waals surface area contributed by atoms with E-state index in [0.717, 1.165) is 6.42 Å². The molecule has 0 spiro atoms. The Morgan fingerprint density at radius 2 is 2.00 bits per heavy atom. The van der Waals surface area contributed by atoms with E-state index in [1.165, 1.54) is 5.56 Å². The van der Waals surface area contributed by atoms with Crippen LogP contribution < -0.4 is 0 Å². The van der Waals surface area contributed by atoms with Gasteiger partial charge in [0.05, 0.1) is 0 Å². The summed E-state index contributed by atoms with van der Waals surface area (Å²) in [6, 6.07) is 10.5. The van der Waals surface area contributed by atoms with Gasteiger partial charge < -0.3 is 0 Å². The summed E-state index contributed by atoms with van der Waals surface area (Å²) in [5.74, 6) is 0.531. The van der Waals surface area contributed by atoms with Gasteiger partial charge >= 0.3 is 0 Å². The fraction of sp³-hybridized carbons (Fsp3) is 0.250. The summed E-state index contributed by atoms with van der Waals surface area (Å²) in [6.07, 6.45) is 5.16. The number of benzene rings is 1. The first-order chi connectivity index (χ1) is 5.88. The first kappa shape index (κ1) is 9.05. The van der Waals surface area contributed by atoms with Gasteiger partial charge in [-0.1, -0.05) is 49.4 Å². The van der Waals surface area contributed by atoms with Crippen LogP contribution in [0.2, 0.25) is 0 Å². The summed E-state index contributed by atoms with van der Waals surface area (Å²) in [6.45, 7) is 5.91. The van der Waals surface area contributed by atoms with E-state index in [-0.39, 0.29) is 0 Å². The summed E-state index contributed by atoms with van der Waals surface area (Å²) >= 11 is 0. The quantitative estimate of drug-likeness (QED) is 0.632. The van der Waals surface area contributed by atoms with E-state index in [9.17, 15) is 0 Å². The third kappa shape index (κ3) is 2.23. The Morgan fingerprint density at radius 1 is 1.33 bits per heavy atom. The Bertz CT molecular complexity index is 233. The van der Waals surface area contributed by atoms with E-state index in [4.69, 9.17) is 0 Å². The minimum absolute atomic E-state index is 0.531. The zero-order valence-corrected chi connectivity index (χ0v) is 7.53. The first-order valence-corrected chi connectivity index (χ1v) is 4.39. The van der Waals surface area contributed by atoms with Crippen molar-refractivity contribution < 1.29 is 0 Å². The van der Waals surface area contributed by atoms with Gasteiger partial charge in [-0.15, -0.1) is 0 Å². The lowest BCUT2D eigenvalue weighted by atomic mass is 9.96. The summed E-state index contributed by atoms with van der Waals surface area (Å²) in [5, 5.41) is 0. The fourth-order valence-electron chi connectivity index (χ4n) is 1.35. The Balaban J connectivity index is 2.80. The lowest BCUT2D eigenvalue weighted by Gasteiger charge is -2.09. The van der Waals surface area contributed by atoms with Crippen molar-refractivity contribution in [3.05, 3.63) is 55.0 Å². The van der Waals surface area contributed by atoms with Gasteiger partial charge in [-0.25, -0.2) is 0 Å². The van der Waals surface area contributed by atoms with Crippen molar-refractivity contribution in [2.24, 2.45) is 0 Å². The van der Waals surface area contributed by atoms with Crippen molar-refractivity contribution in [1.82, 2.24) is 0 Å². The van der Waals surface area contributed by atoms with Crippen LogP contribution in [0.1, 0.15) is 24.8 Å². The Hall–Kier alpha value is -1.04. The SMILES string of the molecule is [CH2]/C=C/C(CC)c1ccccc1.